The van der Waals surface area contributed by atoms with Gasteiger partial charge in [0.15, 0.2) is 22.2 Å². The SMILES string of the molecule is CC(NC(C)S(=O)O)S(=O)O. The highest BCUT2D eigenvalue weighted by molar-refractivity contribution is 7.80. The molecule has 4 unspecified atom stereocenters. The zero-order valence-corrected chi connectivity index (χ0v) is 7.82. The minimum atomic E-state index is -2.00. The number of nitrogens with one attached hydrogen (secondary N) is 1. The van der Waals surface area contributed by atoms with Crippen molar-refractivity contribution in [2.45, 2.75) is 24.6 Å². The van der Waals surface area contributed by atoms with Crippen LogP contribution in [0.5, 0.6) is 0 Å². The molecular weight excluding hydrogens is 190 g/mol. The van der Waals surface area contributed by atoms with E-state index in [1.165, 1.54) is 13.8 Å². The van der Waals surface area contributed by atoms with Gasteiger partial charge in [-0.25, -0.2) is 8.42 Å². The Morgan fingerprint density at radius 3 is 1.55 bits per heavy atom. The lowest BCUT2D eigenvalue weighted by molar-refractivity contribution is 0.506. The molecule has 0 aromatic rings. The first-order valence-electron chi connectivity index (χ1n) is 2.90. The minimum absolute atomic E-state index is 0.693. The quantitative estimate of drug-likeness (QED) is 0.544. The second-order valence-corrected chi connectivity index (χ2v) is 4.52. The molecule has 0 saturated carbocycles. The normalized spacial score (nSPS) is 22.2. The van der Waals surface area contributed by atoms with E-state index in [0.29, 0.717) is 0 Å². The zero-order chi connectivity index (χ0) is 9.02. The third kappa shape index (κ3) is 4.59. The molecule has 0 rings (SSSR count). The van der Waals surface area contributed by atoms with Crippen molar-refractivity contribution < 1.29 is 17.5 Å². The highest BCUT2D eigenvalue weighted by Gasteiger charge is 2.14. The first-order chi connectivity index (χ1) is 4.95. The third-order valence-corrected chi connectivity index (χ3v) is 2.56. The van der Waals surface area contributed by atoms with Crippen LogP contribution in [0.25, 0.3) is 0 Å². The Morgan fingerprint density at radius 2 is 1.36 bits per heavy atom. The second kappa shape index (κ2) is 4.94. The van der Waals surface area contributed by atoms with Crippen LogP contribution < -0.4 is 5.32 Å². The monoisotopic (exact) mass is 201 g/mol. The van der Waals surface area contributed by atoms with E-state index in [4.69, 9.17) is 9.11 Å². The van der Waals surface area contributed by atoms with E-state index in [9.17, 15) is 8.42 Å². The van der Waals surface area contributed by atoms with Gasteiger partial charge in [-0.1, -0.05) is 0 Å². The number of hydrogen-bond acceptors (Lipinski definition) is 3. The lowest BCUT2D eigenvalue weighted by Crippen LogP contribution is -2.39. The third-order valence-electron chi connectivity index (χ3n) is 1.07. The smallest absolute Gasteiger partial charge is 0.170 e. The van der Waals surface area contributed by atoms with Gasteiger partial charge in [0.25, 0.3) is 0 Å². The van der Waals surface area contributed by atoms with Crippen LogP contribution in [0.15, 0.2) is 0 Å². The van der Waals surface area contributed by atoms with Crippen molar-refractivity contribution in [3.05, 3.63) is 0 Å². The summed E-state index contributed by atoms with van der Waals surface area (Å²) in [5.74, 6) is 0. The van der Waals surface area contributed by atoms with Crippen LogP contribution in [0.1, 0.15) is 13.8 Å². The van der Waals surface area contributed by atoms with Gasteiger partial charge in [-0.15, -0.1) is 0 Å². The maximum Gasteiger partial charge on any atom is 0.170 e. The van der Waals surface area contributed by atoms with E-state index in [1.54, 1.807) is 0 Å². The van der Waals surface area contributed by atoms with Crippen molar-refractivity contribution in [1.29, 1.82) is 0 Å². The molecule has 3 N–H and O–H groups in total. The molecule has 68 valence electrons. The van der Waals surface area contributed by atoms with E-state index >= 15 is 0 Å². The van der Waals surface area contributed by atoms with Crippen LogP contribution in [0.2, 0.25) is 0 Å². The van der Waals surface area contributed by atoms with Gasteiger partial charge in [0.05, 0.1) is 0 Å². The maximum atomic E-state index is 10.3. The van der Waals surface area contributed by atoms with E-state index in [1.807, 2.05) is 0 Å². The largest absolute Gasteiger partial charge is 0.305 e. The fraction of sp³-hybridized carbons (Fsp3) is 1.00. The van der Waals surface area contributed by atoms with Crippen molar-refractivity contribution in [2.24, 2.45) is 0 Å². The molecule has 0 saturated heterocycles. The van der Waals surface area contributed by atoms with Gasteiger partial charge in [0.2, 0.25) is 0 Å². The predicted molar refractivity (Wildman–Crippen MR) is 43.6 cm³/mol. The molecule has 0 bridgehead atoms. The Hall–Kier alpha value is 0.180. The molecule has 11 heavy (non-hydrogen) atoms. The summed E-state index contributed by atoms with van der Waals surface area (Å²) < 4.78 is 37.6. The van der Waals surface area contributed by atoms with Crippen molar-refractivity contribution in [1.82, 2.24) is 5.32 Å². The summed E-state index contributed by atoms with van der Waals surface area (Å²) in [4.78, 5) is 0. The van der Waals surface area contributed by atoms with Crippen molar-refractivity contribution in [3.63, 3.8) is 0 Å². The predicted octanol–water partition coefficient (Wildman–Crippen LogP) is -0.289. The van der Waals surface area contributed by atoms with Crippen LogP contribution in [0.4, 0.5) is 0 Å². The van der Waals surface area contributed by atoms with E-state index < -0.39 is 32.9 Å². The van der Waals surface area contributed by atoms with Gasteiger partial charge in [-0.2, -0.15) is 0 Å². The summed E-state index contributed by atoms with van der Waals surface area (Å²) in [6, 6.07) is 0. The average Bonchev–Trinajstić information content (AvgIpc) is 1.87. The van der Waals surface area contributed by atoms with Crippen LogP contribution >= 0.6 is 0 Å². The lowest BCUT2D eigenvalue weighted by atomic mass is 10.6. The molecule has 0 aliphatic rings. The first-order valence-corrected chi connectivity index (χ1v) is 5.24. The number of rotatable bonds is 4. The summed E-state index contributed by atoms with van der Waals surface area (Å²) in [6.07, 6.45) is 0. The fourth-order valence-electron chi connectivity index (χ4n) is 0.447. The molecule has 0 radical (unpaired) electrons. The van der Waals surface area contributed by atoms with Gasteiger partial charge in [-0.3, -0.25) is 5.32 Å². The van der Waals surface area contributed by atoms with Crippen LogP contribution in [-0.4, -0.2) is 28.3 Å². The Balaban J connectivity index is 3.84. The number of hydrogen-bond donors (Lipinski definition) is 3. The zero-order valence-electron chi connectivity index (χ0n) is 6.18. The molecular formula is C4H11NO4S2. The first kappa shape index (κ1) is 11.2. The van der Waals surface area contributed by atoms with Gasteiger partial charge in [0, 0.05) is 0 Å². The van der Waals surface area contributed by atoms with Gasteiger partial charge in [0.1, 0.15) is 10.7 Å². The topological polar surface area (TPSA) is 86.6 Å². The standard InChI is InChI=1S/C4H11NO4S2/c1-3(10(6)7)5-4(2)11(8)9/h3-5H,1-2H3,(H,6,7)(H,8,9). The van der Waals surface area contributed by atoms with Crippen LogP contribution in [-0.2, 0) is 22.2 Å². The molecule has 0 aliphatic heterocycles. The summed E-state index contributed by atoms with van der Waals surface area (Å²) in [5, 5.41) is 1.09. The maximum absolute atomic E-state index is 10.3. The van der Waals surface area contributed by atoms with E-state index in [0.717, 1.165) is 0 Å². The molecule has 0 aromatic heterocycles. The Morgan fingerprint density at radius 1 is 1.09 bits per heavy atom. The van der Waals surface area contributed by atoms with Crippen LogP contribution in [0, 0.1) is 0 Å². The molecule has 0 spiro atoms. The summed E-state index contributed by atoms with van der Waals surface area (Å²) in [7, 11) is 0. The molecule has 5 nitrogen and oxygen atoms in total. The van der Waals surface area contributed by atoms with Gasteiger partial charge < -0.3 is 9.11 Å². The summed E-state index contributed by atoms with van der Waals surface area (Å²) in [6.45, 7) is 2.92. The van der Waals surface area contributed by atoms with Gasteiger partial charge in [-0.05, 0) is 13.8 Å². The van der Waals surface area contributed by atoms with E-state index in [-0.39, 0.29) is 0 Å². The van der Waals surface area contributed by atoms with Crippen molar-refractivity contribution in [2.75, 3.05) is 0 Å². The highest BCUT2D eigenvalue weighted by atomic mass is 32.2. The molecule has 0 aromatic carbocycles. The summed E-state index contributed by atoms with van der Waals surface area (Å²) in [5.41, 5.74) is 0. The average molecular weight is 201 g/mol. The fourth-order valence-corrected chi connectivity index (χ4v) is 1.17. The Kier molecular flexibility index (Phi) is 5.02. The Bertz CT molecular complexity index is 155. The molecule has 4 atom stereocenters. The Labute approximate surface area is 70.1 Å². The van der Waals surface area contributed by atoms with Crippen LogP contribution in [0.3, 0.4) is 0 Å². The molecule has 0 heterocycles. The second-order valence-electron chi connectivity index (χ2n) is 2.00. The highest BCUT2D eigenvalue weighted by Crippen LogP contribution is 1.93. The molecule has 7 heteroatoms. The molecule has 0 aliphatic carbocycles. The van der Waals surface area contributed by atoms with Crippen molar-refractivity contribution in [3.8, 4) is 0 Å². The van der Waals surface area contributed by atoms with Crippen molar-refractivity contribution >= 4 is 22.2 Å². The molecule has 0 amide bonds. The van der Waals surface area contributed by atoms with E-state index in [2.05, 4.69) is 5.32 Å². The minimum Gasteiger partial charge on any atom is -0.305 e. The summed E-state index contributed by atoms with van der Waals surface area (Å²) >= 11 is -4.01. The van der Waals surface area contributed by atoms with Gasteiger partial charge >= 0.3 is 0 Å². The lowest BCUT2D eigenvalue weighted by Gasteiger charge is -2.13. The molecule has 0 fully saturated rings.